The number of halogens is 3. The molecule has 1 atom stereocenters. The lowest BCUT2D eigenvalue weighted by Crippen LogP contribution is -2.50. The van der Waals surface area contributed by atoms with Crippen molar-refractivity contribution in [3.05, 3.63) is 41.1 Å². The average Bonchev–Trinajstić information content (AvgIpc) is 3.18. The quantitative estimate of drug-likeness (QED) is 0.692. The molecule has 4 heteroatoms. The van der Waals surface area contributed by atoms with E-state index >= 15 is 0 Å². The Balaban J connectivity index is 2.20. The fourth-order valence-corrected chi connectivity index (χ4v) is 3.20. The molecular formula is C17H20F3N. The van der Waals surface area contributed by atoms with Crippen molar-refractivity contribution in [2.75, 3.05) is 0 Å². The van der Waals surface area contributed by atoms with Gasteiger partial charge < -0.3 is 4.90 Å². The van der Waals surface area contributed by atoms with Gasteiger partial charge in [-0.1, -0.05) is 24.3 Å². The van der Waals surface area contributed by atoms with Crippen LogP contribution in [0.4, 0.5) is 13.2 Å². The first kappa shape index (κ1) is 14.5. The van der Waals surface area contributed by atoms with Crippen LogP contribution in [0.5, 0.6) is 0 Å². The number of hydrogen-bond acceptors (Lipinski definition) is 1. The van der Waals surface area contributed by atoms with E-state index in [1.807, 2.05) is 26.8 Å². The maximum absolute atomic E-state index is 13.8. The van der Waals surface area contributed by atoms with Crippen molar-refractivity contribution in [2.24, 2.45) is 5.92 Å². The molecular weight excluding hydrogens is 275 g/mol. The summed E-state index contributed by atoms with van der Waals surface area (Å²) in [5, 5.41) is 0. The van der Waals surface area contributed by atoms with Gasteiger partial charge in [-0.25, -0.2) is 0 Å². The molecule has 1 unspecified atom stereocenters. The van der Waals surface area contributed by atoms with Gasteiger partial charge in [-0.15, -0.1) is 0 Å². The Labute approximate surface area is 123 Å². The fraction of sp³-hybridized carbons (Fsp3) is 0.529. The van der Waals surface area contributed by atoms with Crippen LogP contribution in [0.3, 0.4) is 0 Å². The minimum absolute atomic E-state index is 0.280. The van der Waals surface area contributed by atoms with E-state index in [-0.39, 0.29) is 5.92 Å². The topological polar surface area (TPSA) is 3.24 Å². The van der Waals surface area contributed by atoms with E-state index in [4.69, 9.17) is 0 Å². The second-order valence-electron chi connectivity index (χ2n) is 6.96. The maximum Gasteiger partial charge on any atom is 0.413 e. The molecule has 1 aromatic rings. The summed E-state index contributed by atoms with van der Waals surface area (Å²) in [6.07, 6.45) is -0.339. The molecule has 1 nitrogen and oxygen atoms in total. The van der Waals surface area contributed by atoms with Crippen molar-refractivity contribution in [1.29, 1.82) is 0 Å². The molecule has 1 saturated carbocycles. The first-order valence-electron chi connectivity index (χ1n) is 7.36. The summed E-state index contributed by atoms with van der Waals surface area (Å²) in [6, 6.07) is 5.34. The molecule has 114 valence electrons. The van der Waals surface area contributed by atoms with Crippen LogP contribution in [0.1, 0.15) is 50.8 Å². The molecule has 1 aromatic carbocycles. The summed E-state index contributed by atoms with van der Waals surface area (Å²) in [4.78, 5) is 1.59. The van der Waals surface area contributed by atoms with Crippen LogP contribution in [-0.4, -0.2) is 16.6 Å². The van der Waals surface area contributed by atoms with Crippen LogP contribution in [0, 0.1) is 5.92 Å². The highest BCUT2D eigenvalue weighted by atomic mass is 19.4. The molecule has 0 radical (unpaired) electrons. The lowest BCUT2D eigenvalue weighted by molar-refractivity contribution is -0.193. The van der Waals surface area contributed by atoms with E-state index in [0.717, 1.165) is 18.5 Å². The van der Waals surface area contributed by atoms with Gasteiger partial charge in [-0.3, -0.25) is 0 Å². The third kappa shape index (κ3) is 2.56. The van der Waals surface area contributed by atoms with E-state index in [2.05, 4.69) is 0 Å². The van der Waals surface area contributed by atoms with Gasteiger partial charge in [0.15, 0.2) is 6.04 Å². The van der Waals surface area contributed by atoms with Gasteiger partial charge in [0.25, 0.3) is 0 Å². The molecule has 1 fully saturated rings. The third-order valence-electron chi connectivity index (χ3n) is 4.16. The first-order valence-corrected chi connectivity index (χ1v) is 7.36. The summed E-state index contributed by atoms with van der Waals surface area (Å²) < 4.78 is 41.4. The Morgan fingerprint density at radius 1 is 1.05 bits per heavy atom. The molecule has 21 heavy (non-hydrogen) atoms. The molecule has 2 aliphatic rings. The van der Waals surface area contributed by atoms with Crippen LogP contribution in [0.25, 0.3) is 6.08 Å². The third-order valence-corrected chi connectivity index (χ3v) is 4.16. The second-order valence-corrected chi connectivity index (χ2v) is 6.96. The van der Waals surface area contributed by atoms with Crippen molar-refractivity contribution < 1.29 is 13.2 Å². The monoisotopic (exact) mass is 295 g/mol. The molecule has 1 aliphatic heterocycles. The Hall–Kier alpha value is -1.45. The molecule has 0 aromatic heterocycles. The Kier molecular flexibility index (Phi) is 3.12. The Morgan fingerprint density at radius 2 is 1.67 bits per heavy atom. The van der Waals surface area contributed by atoms with Crippen LogP contribution < -0.4 is 0 Å². The van der Waals surface area contributed by atoms with Crippen molar-refractivity contribution in [3.8, 4) is 0 Å². The van der Waals surface area contributed by atoms with Crippen molar-refractivity contribution >= 4 is 6.08 Å². The summed E-state index contributed by atoms with van der Waals surface area (Å²) >= 11 is 0. The van der Waals surface area contributed by atoms with Crippen LogP contribution in [0.15, 0.2) is 30.0 Å². The Bertz CT molecular complexity index is 576. The van der Waals surface area contributed by atoms with Gasteiger partial charge in [0, 0.05) is 11.2 Å². The number of fused-ring (bicyclic) bond motifs is 1. The highest BCUT2D eigenvalue weighted by Gasteiger charge is 2.52. The van der Waals surface area contributed by atoms with Gasteiger partial charge in [-0.05, 0) is 56.7 Å². The minimum atomic E-state index is -4.28. The van der Waals surface area contributed by atoms with Gasteiger partial charge in [0.1, 0.15) is 0 Å². The van der Waals surface area contributed by atoms with Crippen LogP contribution in [-0.2, 0) is 0 Å². The number of nitrogens with zero attached hydrogens (tertiary/aromatic N) is 1. The van der Waals surface area contributed by atoms with Crippen molar-refractivity contribution in [3.63, 3.8) is 0 Å². The Morgan fingerprint density at radius 3 is 2.19 bits per heavy atom. The normalized spacial score (nSPS) is 22.9. The zero-order valence-electron chi connectivity index (χ0n) is 12.5. The summed E-state index contributed by atoms with van der Waals surface area (Å²) in [5.74, 6) is 0.280. The van der Waals surface area contributed by atoms with E-state index in [0.29, 0.717) is 11.1 Å². The molecule has 0 saturated heterocycles. The van der Waals surface area contributed by atoms with Crippen molar-refractivity contribution in [1.82, 2.24) is 4.90 Å². The molecule has 0 amide bonds. The molecule has 0 spiro atoms. The predicted octanol–water partition coefficient (Wildman–Crippen LogP) is 5.16. The van der Waals surface area contributed by atoms with Gasteiger partial charge >= 0.3 is 6.18 Å². The SMILES string of the molecule is CC(C)(C)N1C(C2CC2)=Cc2ccccc2C1C(F)(F)F. The van der Waals surface area contributed by atoms with Crippen molar-refractivity contribution in [2.45, 2.75) is 51.4 Å². The van der Waals surface area contributed by atoms with E-state index in [1.165, 1.54) is 0 Å². The molecule has 3 rings (SSSR count). The summed E-state index contributed by atoms with van der Waals surface area (Å²) in [7, 11) is 0. The van der Waals surface area contributed by atoms with Crippen LogP contribution >= 0.6 is 0 Å². The van der Waals surface area contributed by atoms with E-state index < -0.39 is 17.8 Å². The summed E-state index contributed by atoms with van der Waals surface area (Å²) in [6.45, 7) is 5.57. The van der Waals surface area contributed by atoms with E-state index in [1.54, 1.807) is 29.2 Å². The zero-order chi connectivity index (χ0) is 15.4. The maximum atomic E-state index is 13.8. The van der Waals surface area contributed by atoms with Crippen LogP contribution in [0.2, 0.25) is 0 Å². The highest BCUT2D eigenvalue weighted by Crippen LogP contribution is 2.52. The number of allylic oxidation sites excluding steroid dienone is 1. The number of rotatable bonds is 1. The standard InChI is InChI=1S/C17H20F3N/c1-16(2,3)21-14(11-8-9-11)10-12-6-4-5-7-13(12)15(21)17(18,19)20/h4-7,10-11,15H,8-9H2,1-3H3. The lowest BCUT2D eigenvalue weighted by atomic mass is 9.88. The lowest BCUT2D eigenvalue weighted by Gasteiger charge is -2.48. The molecule has 0 N–H and O–H groups in total. The predicted molar refractivity (Wildman–Crippen MR) is 77.5 cm³/mol. The molecule has 1 aliphatic carbocycles. The van der Waals surface area contributed by atoms with Gasteiger partial charge in [-0.2, -0.15) is 13.2 Å². The zero-order valence-corrected chi connectivity index (χ0v) is 12.5. The minimum Gasteiger partial charge on any atom is -0.354 e. The average molecular weight is 295 g/mol. The summed E-state index contributed by atoms with van der Waals surface area (Å²) in [5.41, 5.74) is 1.36. The smallest absolute Gasteiger partial charge is 0.354 e. The van der Waals surface area contributed by atoms with Gasteiger partial charge in [0.2, 0.25) is 0 Å². The molecule has 0 bridgehead atoms. The molecule has 1 heterocycles. The highest BCUT2D eigenvalue weighted by molar-refractivity contribution is 5.62. The first-order chi connectivity index (χ1) is 9.69. The van der Waals surface area contributed by atoms with Gasteiger partial charge in [0.05, 0.1) is 0 Å². The number of alkyl halides is 3. The van der Waals surface area contributed by atoms with E-state index in [9.17, 15) is 13.2 Å². The largest absolute Gasteiger partial charge is 0.413 e. The number of benzene rings is 1. The fourth-order valence-electron chi connectivity index (χ4n) is 3.20. The number of hydrogen-bond donors (Lipinski definition) is 0. The second kappa shape index (κ2) is 4.52.